The second-order valence-electron chi connectivity index (χ2n) is 7.30. The number of benzene rings is 1. The average molecular weight is 419 g/mol. The van der Waals surface area contributed by atoms with Crippen LogP contribution in [0.15, 0.2) is 29.2 Å². The maximum atomic E-state index is 13.2. The molecule has 3 heterocycles. The Balaban J connectivity index is 1.62. The zero-order chi connectivity index (χ0) is 21.6. The van der Waals surface area contributed by atoms with Gasteiger partial charge in [-0.3, -0.25) is 14.4 Å². The average Bonchev–Trinajstić information content (AvgIpc) is 3.10. The summed E-state index contributed by atoms with van der Waals surface area (Å²) in [6.45, 7) is 1.23. The molecule has 2 aliphatic heterocycles. The van der Waals surface area contributed by atoms with Crippen molar-refractivity contribution >= 4 is 11.8 Å². The Kier molecular flexibility index (Phi) is 5.02. The molecule has 30 heavy (non-hydrogen) atoms. The van der Waals surface area contributed by atoms with Crippen molar-refractivity contribution in [3.8, 4) is 5.75 Å². The van der Waals surface area contributed by atoms with Gasteiger partial charge in [-0.15, -0.1) is 0 Å². The predicted molar refractivity (Wildman–Crippen MR) is 100 cm³/mol. The van der Waals surface area contributed by atoms with Gasteiger partial charge in [0.2, 0.25) is 5.43 Å². The zero-order valence-electron chi connectivity index (χ0n) is 16.0. The molecule has 0 bridgehead atoms. The van der Waals surface area contributed by atoms with E-state index in [-0.39, 0.29) is 36.0 Å². The molecule has 0 spiro atoms. The van der Waals surface area contributed by atoms with Crippen LogP contribution in [0.2, 0.25) is 0 Å². The molecule has 2 aromatic rings. The van der Waals surface area contributed by atoms with Crippen molar-refractivity contribution in [3.63, 3.8) is 0 Å². The summed E-state index contributed by atoms with van der Waals surface area (Å²) in [5, 5.41) is 12.8. The van der Waals surface area contributed by atoms with Gasteiger partial charge >= 0.3 is 0 Å². The smallest absolute Gasteiger partial charge is 0.276 e. The first kappa shape index (κ1) is 20.0. The number of halogens is 2. The lowest BCUT2D eigenvalue weighted by Gasteiger charge is -2.33. The summed E-state index contributed by atoms with van der Waals surface area (Å²) in [4.78, 5) is 39.3. The van der Waals surface area contributed by atoms with Gasteiger partial charge in [-0.1, -0.05) is 6.07 Å². The topological polar surface area (TPSA) is 101 Å². The van der Waals surface area contributed by atoms with E-state index in [2.05, 4.69) is 5.32 Å². The standard InChI is InChI=1S/C20H19F2N3O5/c1-10-9-30-15-8-24-7-14(17(26)18(27)16(24)20(29)25(10)15)19(28)23-6-11-2-3-13(22)4-12(11)5-21/h2-4,7,10,15,27H,5-6,8-9H2,1H3,(H,23,28)/t10-,15?/m0/s1. The van der Waals surface area contributed by atoms with Gasteiger partial charge < -0.3 is 24.6 Å². The molecule has 4 rings (SSSR count). The van der Waals surface area contributed by atoms with Crippen LogP contribution in [0.1, 0.15) is 38.9 Å². The van der Waals surface area contributed by atoms with Crippen LogP contribution in [0.4, 0.5) is 8.78 Å². The van der Waals surface area contributed by atoms with E-state index in [1.54, 1.807) is 6.92 Å². The molecule has 0 saturated carbocycles. The second-order valence-corrected chi connectivity index (χ2v) is 7.30. The van der Waals surface area contributed by atoms with Gasteiger partial charge in [-0.25, -0.2) is 8.78 Å². The minimum Gasteiger partial charge on any atom is -0.503 e. The number of aromatic nitrogens is 1. The highest BCUT2D eigenvalue weighted by Gasteiger charge is 2.42. The van der Waals surface area contributed by atoms with Crippen molar-refractivity contribution in [1.29, 1.82) is 0 Å². The number of fused-ring (bicyclic) bond motifs is 2. The van der Waals surface area contributed by atoms with E-state index >= 15 is 0 Å². The highest BCUT2D eigenvalue weighted by molar-refractivity contribution is 5.99. The molecule has 2 aliphatic rings. The number of alkyl halides is 1. The van der Waals surface area contributed by atoms with Gasteiger partial charge in [0, 0.05) is 12.7 Å². The fourth-order valence-corrected chi connectivity index (χ4v) is 3.80. The number of hydrogen-bond donors (Lipinski definition) is 2. The molecule has 1 aromatic carbocycles. The van der Waals surface area contributed by atoms with Gasteiger partial charge in [0.1, 0.15) is 18.1 Å². The van der Waals surface area contributed by atoms with Crippen molar-refractivity contribution in [2.24, 2.45) is 0 Å². The molecule has 1 fully saturated rings. The van der Waals surface area contributed by atoms with Gasteiger partial charge in [0.05, 0.1) is 19.2 Å². The Morgan fingerprint density at radius 1 is 1.33 bits per heavy atom. The first-order chi connectivity index (χ1) is 14.3. The van der Waals surface area contributed by atoms with E-state index in [0.29, 0.717) is 12.2 Å². The normalized spacial score (nSPS) is 20.1. The molecule has 0 aliphatic carbocycles. The highest BCUT2D eigenvalue weighted by Crippen LogP contribution is 2.29. The van der Waals surface area contributed by atoms with E-state index in [4.69, 9.17) is 4.74 Å². The summed E-state index contributed by atoms with van der Waals surface area (Å²) in [6.07, 6.45) is 0.652. The van der Waals surface area contributed by atoms with Crippen LogP contribution in [0.3, 0.4) is 0 Å². The number of nitrogens with zero attached hydrogens (tertiary/aromatic N) is 2. The predicted octanol–water partition coefficient (Wildman–Crippen LogP) is 1.29. The molecule has 1 saturated heterocycles. The van der Waals surface area contributed by atoms with Crippen LogP contribution in [0, 0.1) is 5.82 Å². The SMILES string of the molecule is C[C@H]1COC2Cn3cc(C(=O)NCc4ccc(F)cc4CF)c(=O)c(O)c3C(=O)N21. The summed E-state index contributed by atoms with van der Waals surface area (Å²) < 4.78 is 33.2. The van der Waals surface area contributed by atoms with Crippen molar-refractivity contribution in [2.75, 3.05) is 6.61 Å². The fraction of sp³-hybridized carbons (Fsp3) is 0.350. The highest BCUT2D eigenvalue weighted by atomic mass is 19.1. The van der Waals surface area contributed by atoms with Crippen molar-refractivity contribution in [1.82, 2.24) is 14.8 Å². The van der Waals surface area contributed by atoms with Gasteiger partial charge in [-0.2, -0.15) is 0 Å². The quantitative estimate of drug-likeness (QED) is 0.778. The van der Waals surface area contributed by atoms with E-state index < -0.39 is 41.7 Å². The van der Waals surface area contributed by atoms with E-state index in [0.717, 1.165) is 12.1 Å². The van der Waals surface area contributed by atoms with Crippen LogP contribution in [-0.2, 0) is 24.5 Å². The van der Waals surface area contributed by atoms with Crippen LogP contribution < -0.4 is 10.7 Å². The van der Waals surface area contributed by atoms with Crippen molar-refractivity contribution in [3.05, 3.63) is 62.8 Å². The summed E-state index contributed by atoms with van der Waals surface area (Å²) in [6, 6.07) is 3.31. The molecule has 2 amide bonds. The number of hydrogen-bond acceptors (Lipinski definition) is 5. The molecule has 1 aromatic heterocycles. The van der Waals surface area contributed by atoms with Crippen LogP contribution in [0.25, 0.3) is 0 Å². The summed E-state index contributed by atoms with van der Waals surface area (Å²) in [5.74, 6) is -2.76. The Labute approximate surface area is 169 Å². The first-order valence-electron chi connectivity index (χ1n) is 9.34. The fourth-order valence-electron chi connectivity index (χ4n) is 3.80. The van der Waals surface area contributed by atoms with E-state index in [9.17, 15) is 28.3 Å². The van der Waals surface area contributed by atoms with Crippen LogP contribution in [-0.4, -0.2) is 45.3 Å². The number of carbonyl (C=O) groups excluding carboxylic acids is 2. The Bertz CT molecular complexity index is 1100. The largest absolute Gasteiger partial charge is 0.503 e. The van der Waals surface area contributed by atoms with Gasteiger partial charge in [-0.05, 0) is 30.2 Å². The molecule has 158 valence electrons. The molecule has 10 heteroatoms. The number of aromatic hydroxyl groups is 1. The monoisotopic (exact) mass is 419 g/mol. The molecule has 2 N–H and O–H groups in total. The molecular weight excluding hydrogens is 400 g/mol. The molecule has 0 radical (unpaired) electrons. The Morgan fingerprint density at radius 2 is 2.10 bits per heavy atom. The summed E-state index contributed by atoms with van der Waals surface area (Å²) >= 11 is 0. The summed E-state index contributed by atoms with van der Waals surface area (Å²) in [5.41, 5.74) is -1.11. The number of amides is 2. The van der Waals surface area contributed by atoms with E-state index in [1.807, 2.05) is 0 Å². The molecule has 1 unspecified atom stereocenters. The lowest BCUT2D eigenvalue weighted by molar-refractivity contribution is 0.00624. The zero-order valence-corrected chi connectivity index (χ0v) is 16.0. The lowest BCUT2D eigenvalue weighted by atomic mass is 10.1. The first-order valence-corrected chi connectivity index (χ1v) is 9.34. The molecule has 2 atom stereocenters. The maximum Gasteiger partial charge on any atom is 0.276 e. The number of nitrogens with one attached hydrogen (secondary N) is 1. The number of pyridine rings is 1. The molecular formula is C20H19F2N3O5. The Hall–Kier alpha value is -3.27. The number of carbonyl (C=O) groups is 2. The molecule has 8 nitrogen and oxygen atoms in total. The van der Waals surface area contributed by atoms with Gasteiger partial charge in [0.25, 0.3) is 11.8 Å². The lowest BCUT2D eigenvalue weighted by Crippen LogP contribution is -2.49. The van der Waals surface area contributed by atoms with E-state index in [1.165, 1.54) is 21.7 Å². The third-order valence-electron chi connectivity index (χ3n) is 5.36. The number of ether oxygens (including phenoxy) is 1. The number of rotatable bonds is 4. The van der Waals surface area contributed by atoms with Crippen LogP contribution in [0.5, 0.6) is 5.75 Å². The Morgan fingerprint density at radius 3 is 2.83 bits per heavy atom. The third-order valence-corrected chi connectivity index (χ3v) is 5.36. The maximum absolute atomic E-state index is 13.2. The second kappa shape index (κ2) is 7.52. The minimum absolute atomic E-state index is 0.0819. The van der Waals surface area contributed by atoms with Gasteiger partial charge in [0.15, 0.2) is 17.7 Å². The van der Waals surface area contributed by atoms with Crippen LogP contribution >= 0.6 is 0 Å². The third kappa shape index (κ3) is 3.22. The van der Waals surface area contributed by atoms with Crippen molar-refractivity contribution < 1.29 is 28.2 Å². The minimum atomic E-state index is -0.983. The summed E-state index contributed by atoms with van der Waals surface area (Å²) in [7, 11) is 0. The van der Waals surface area contributed by atoms with Crippen molar-refractivity contribution in [2.45, 2.75) is 39.0 Å².